The minimum absolute atomic E-state index is 0.148. The van der Waals surface area contributed by atoms with Crippen molar-refractivity contribution in [3.05, 3.63) is 96.6 Å². The van der Waals surface area contributed by atoms with Crippen LogP contribution in [0.25, 0.3) is 10.8 Å². The van der Waals surface area contributed by atoms with Gasteiger partial charge in [-0.2, -0.15) is 4.31 Å². The Hall–Kier alpha value is -3.49. The van der Waals surface area contributed by atoms with Crippen LogP contribution < -0.4 is 5.32 Å². The Morgan fingerprint density at radius 2 is 1.72 bits per heavy atom. The smallest absolute Gasteiger partial charge is 0.243 e. The van der Waals surface area contributed by atoms with Crippen LogP contribution >= 0.6 is 0 Å². The van der Waals surface area contributed by atoms with Gasteiger partial charge in [0.1, 0.15) is 11.9 Å². The number of hydrogen-bond donors (Lipinski definition) is 1. The lowest BCUT2D eigenvalue weighted by atomic mass is 10.1. The van der Waals surface area contributed by atoms with Crippen molar-refractivity contribution in [3.63, 3.8) is 0 Å². The maximum absolute atomic E-state index is 13.1. The monoisotopic (exact) mass is 448 g/mol. The second-order valence-electron chi connectivity index (χ2n) is 7.58. The van der Waals surface area contributed by atoms with Crippen LogP contribution in [0.2, 0.25) is 0 Å². The van der Waals surface area contributed by atoms with Crippen LogP contribution in [0, 0.1) is 0 Å². The van der Waals surface area contributed by atoms with Crippen LogP contribution in [0.4, 0.5) is 0 Å². The third-order valence-corrected chi connectivity index (χ3v) is 7.15. The Morgan fingerprint density at radius 3 is 2.41 bits per heavy atom. The maximum Gasteiger partial charge on any atom is 0.243 e. The zero-order valence-corrected chi connectivity index (χ0v) is 18.7. The first-order valence-electron chi connectivity index (χ1n) is 10.1. The number of carbonyl (C=O) groups excluding carboxylic acids is 1. The van der Waals surface area contributed by atoms with Crippen molar-refractivity contribution in [2.75, 3.05) is 13.6 Å². The first-order chi connectivity index (χ1) is 15.4. The van der Waals surface area contributed by atoms with Crippen LogP contribution in [0.15, 0.2) is 90.1 Å². The highest BCUT2D eigenvalue weighted by molar-refractivity contribution is 7.89. The van der Waals surface area contributed by atoms with E-state index in [0.29, 0.717) is 5.82 Å². The number of nitrogens with zero attached hydrogens (tertiary/aromatic N) is 3. The molecule has 164 valence electrons. The van der Waals surface area contributed by atoms with E-state index in [2.05, 4.69) is 10.3 Å². The number of imidazole rings is 1. The van der Waals surface area contributed by atoms with E-state index in [0.717, 1.165) is 20.6 Å². The van der Waals surface area contributed by atoms with E-state index in [1.807, 2.05) is 66.2 Å². The van der Waals surface area contributed by atoms with Gasteiger partial charge in [0.25, 0.3) is 0 Å². The zero-order valence-electron chi connectivity index (χ0n) is 17.8. The SMILES string of the molecule is CN(CC(=O)N[C@H](c1ccccc1)c1nccn1C)S(=O)(=O)c1ccc2ccccc2c1. The summed E-state index contributed by atoms with van der Waals surface area (Å²) in [4.78, 5) is 17.4. The van der Waals surface area contributed by atoms with E-state index in [-0.39, 0.29) is 11.4 Å². The molecule has 3 aromatic carbocycles. The van der Waals surface area contributed by atoms with Crippen molar-refractivity contribution in [3.8, 4) is 0 Å². The normalized spacial score (nSPS) is 12.7. The fourth-order valence-corrected chi connectivity index (χ4v) is 4.76. The summed E-state index contributed by atoms with van der Waals surface area (Å²) in [7, 11) is -0.583. The summed E-state index contributed by atoms with van der Waals surface area (Å²) in [6.45, 7) is -0.317. The molecular formula is C24H24N4O3S. The van der Waals surface area contributed by atoms with E-state index >= 15 is 0 Å². The summed E-state index contributed by atoms with van der Waals surface area (Å²) < 4.78 is 29.0. The number of rotatable bonds is 7. The summed E-state index contributed by atoms with van der Waals surface area (Å²) in [5, 5.41) is 4.71. The summed E-state index contributed by atoms with van der Waals surface area (Å²) in [6, 6.07) is 21.4. The third kappa shape index (κ3) is 4.42. The molecule has 7 nitrogen and oxygen atoms in total. The molecule has 8 heteroatoms. The number of fused-ring (bicyclic) bond motifs is 1. The predicted octanol–water partition coefficient (Wildman–Crippen LogP) is 3.10. The largest absolute Gasteiger partial charge is 0.341 e. The van der Waals surface area contributed by atoms with Gasteiger partial charge in [0.15, 0.2) is 0 Å². The second-order valence-corrected chi connectivity index (χ2v) is 9.62. The van der Waals surface area contributed by atoms with Crippen molar-refractivity contribution >= 4 is 26.7 Å². The van der Waals surface area contributed by atoms with Gasteiger partial charge < -0.3 is 9.88 Å². The van der Waals surface area contributed by atoms with E-state index in [9.17, 15) is 13.2 Å². The number of amides is 1. The Balaban J connectivity index is 1.54. The van der Waals surface area contributed by atoms with Gasteiger partial charge in [-0.15, -0.1) is 0 Å². The molecule has 4 rings (SSSR count). The average Bonchev–Trinajstić information content (AvgIpc) is 3.23. The molecule has 32 heavy (non-hydrogen) atoms. The number of likely N-dealkylation sites (N-methyl/N-ethyl adjacent to an activating group) is 1. The third-order valence-electron chi connectivity index (χ3n) is 5.35. The Kier molecular flexibility index (Phi) is 6.07. The lowest BCUT2D eigenvalue weighted by molar-refractivity contribution is -0.121. The van der Waals surface area contributed by atoms with Gasteiger partial charge in [-0.05, 0) is 28.5 Å². The van der Waals surface area contributed by atoms with Crippen molar-refractivity contribution in [1.82, 2.24) is 19.2 Å². The molecule has 0 aliphatic rings. The summed E-state index contributed by atoms with van der Waals surface area (Å²) >= 11 is 0. The second kappa shape index (κ2) is 8.94. The molecule has 1 amide bonds. The number of nitrogens with one attached hydrogen (secondary N) is 1. The minimum atomic E-state index is -3.84. The maximum atomic E-state index is 13.1. The molecule has 1 heterocycles. The minimum Gasteiger partial charge on any atom is -0.341 e. The van der Waals surface area contributed by atoms with E-state index in [1.165, 1.54) is 7.05 Å². The fraction of sp³-hybridized carbons (Fsp3) is 0.167. The number of aryl methyl sites for hydroxylation is 1. The summed E-state index contributed by atoms with van der Waals surface area (Å²) in [6.07, 6.45) is 3.46. The lowest BCUT2D eigenvalue weighted by Crippen LogP contribution is -2.40. The van der Waals surface area contributed by atoms with Gasteiger partial charge >= 0.3 is 0 Å². The van der Waals surface area contributed by atoms with Gasteiger partial charge in [0.2, 0.25) is 15.9 Å². The standard InChI is InChI=1S/C24H24N4O3S/c1-27-15-14-25-24(27)23(19-9-4-3-5-10-19)26-22(29)17-28(2)32(30,31)21-13-12-18-8-6-7-11-20(18)16-21/h3-16,23H,17H2,1-2H3,(H,26,29)/t23-/m1/s1. The molecule has 1 atom stereocenters. The number of sulfonamides is 1. The average molecular weight is 449 g/mol. The van der Waals surface area contributed by atoms with Crippen molar-refractivity contribution < 1.29 is 13.2 Å². The molecule has 4 aromatic rings. The molecular weight excluding hydrogens is 424 g/mol. The summed E-state index contributed by atoms with van der Waals surface area (Å²) in [5.41, 5.74) is 0.857. The molecule has 0 aliphatic heterocycles. The highest BCUT2D eigenvalue weighted by Crippen LogP contribution is 2.22. The van der Waals surface area contributed by atoms with Crippen molar-refractivity contribution in [2.24, 2.45) is 7.05 Å². The Bertz CT molecular complexity index is 1350. The van der Waals surface area contributed by atoms with E-state index < -0.39 is 22.0 Å². The van der Waals surface area contributed by atoms with Crippen LogP contribution in [0.5, 0.6) is 0 Å². The van der Waals surface area contributed by atoms with Gasteiger partial charge in [-0.3, -0.25) is 4.79 Å². The predicted molar refractivity (Wildman–Crippen MR) is 123 cm³/mol. The molecule has 0 bridgehead atoms. The first-order valence-corrected chi connectivity index (χ1v) is 11.6. The number of hydrogen-bond acceptors (Lipinski definition) is 4. The molecule has 0 saturated heterocycles. The molecule has 1 N–H and O–H groups in total. The number of carbonyl (C=O) groups is 1. The first kappa shape index (κ1) is 21.7. The summed E-state index contributed by atoms with van der Waals surface area (Å²) in [5.74, 6) is 0.235. The van der Waals surface area contributed by atoms with Crippen LogP contribution in [-0.2, 0) is 21.9 Å². The molecule has 0 saturated carbocycles. The van der Waals surface area contributed by atoms with Gasteiger partial charge in [0.05, 0.1) is 11.4 Å². The zero-order chi connectivity index (χ0) is 22.7. The Morgan fingerprint density at radius 1 is 1.03 bits per heavy atom. The number of aromatic nitrogens is 2. The van der Waals surface area contributed by atoms with Gasteiger partial charge in [-0.1, -0.05) is 60.7 Å². The topological polar surface area (TPSA) is 84.3 Å². The van der Waals surface area contributed by atoms with Crippen molar-refractivity contribution in [2.45, 2.75) is 10.9 Å². The molecule has 0 aliphatic carbocycles. The van der Waals surface area contributed by atoms with Crippen LogP contribution in [0.3, 0.4) is 0 Å². The highest BCUT2D eigenvalue weighted by Gasteiger charge is 2.26. The molecule has 0 fully saturated rings. The Labute approximate surface area is 187 Å². The lowest BCUT2D eigenvalue weighted by Gasteiger charge is -2.22. The van der Waals surface area contributed by atoms with Crippen LogP contribution in [0.1, 0.15) is 17.4 Å². The van der Waals surface area contributed by atoms with Crippen LogP contribution in [-0.4, -0.2) is 41.8 Å². The molecule has 1 aromatic heterocycles. The van der Waals surface area contributed by atoms with Crippen molar-refractivity contribution in [1.29, 1.82) is 0 Å². The fourth-order valence-electron chi connectivity index (χ4n) is 3.60. The van der Waals surface area contributed by atoms with Gasteiger partial charge in [-0.25, -0.2) is 13.4 Å². The quantitative estimate of drug-likeness (QED) is 0.471. The number of benzene rings is 3. The molecule has 0 spiro atoms. The van der Waals surface area contributed by atoms with E-state index in [4.69, 9.17) is 0 Å². The highest BCUT2D eigenvalue weighted by atomic mass is 32.2. The molecule has 0 radical (unpaired) electrons. The van der Waals surface area contributed by atoms with Gasteiger partial charge in [0, 0.05) is 26.5 Å². The van der Waals surface area contributed by atoms with E-state index in [1.54, 1.807) is 30.6 Å². The molecule has 0 unspecified atom stereocenters.